The van der Waals surface area contributed by atoms with Crippen molar-refractivity contribution in [2.75, 3.05) is 6.61 Å². The predicted octanol–water partition coefficient (Wildman–Crippen LogP) is 5.59. The second-order valence-electron chi connectivity index (χ2n) is 8.53. The molecular weight excluding hydrogens is 380 g/mol. The van der Waals surface area contributed by atoms with Gasteiger partial charge >= 0.3 is 5.97 Å². The summed E-state index contributed by atoms with van der Waals surface area (Å²) in [6.45, 7) is 9.67. The molecular formula is C22H33ClO5. The maximum Gasteiger partial charge on any atom is 0.311 e. The van der Waals surface area contributed by atoms with Crippen molar-refractivity contribution in [2.24, 2.45) is 11.3 Å². The Hall–Kier alpha value is -1.75. The summed E-state index contributed by atoms with van der Waals surface area (Å²) >= 11 is 6.08. The number of hydrogen-bond acceptors (Lipinski definition) is 5. The van der Waals surface area contributed by atoms with Gasteiger partial charge in [-0.1, -0.05) is 37.8 Å². The molecule has 0 amide bonds. The highest BCUT2D eigenvalue weighted by Crippen LogP contribution is 2.41. The molecule has 6 heteroatoms. The topological polar surface area (TPSA) is 83.8 Å². The molecule has 0 spiro atoms. The molecule has 0 aliphatic carbocycles. The Morgan fingerprint density at radius 1 is 1.14 bits per heavy atom. The van der Waals surface area contributed by atoms with E-state index >= 15 is 0 Å². The number of unbranched alkanes of at least 4 members (excludes halogenated alkanes) is 2. The largest absolute Gasteiger partial charge is 0.507 e. The number of halogens is 1. The molecule has 0 saturated carbocycles. The molecule has 1 atom stereocenters. The van der Waals surface area contributed by atoms with Gasteiger partial charge in [-0.2, -0.15) is 0 Å². The van der Waals surface area contributed by atoms with Gasteiger partial charge in [0.05, 0.1) is 22.6 Å². The number of carbonyl (C=O) groups excluding carboxylic acids is 2. The highest BCUT2D eigenvalue weighted by molar-refractivity contribution is 6.33. The van der Waals surface area contributed by atoms with Gasteiger partial charge in [-0.25, -0.2) is 0 Å². The van der Waals surface area contributed by atoms with E-state index in [0.717, 1.165) is 32.1 Å². The molecule has 2 N–H and O–H groups in total. The monoisotopic (exact) mass is 412 g/mol. The first-order chi connectivity index (χ1) is 13.0. The van der Waals surface area contributed by atoms with Crippen molar-refractivity contribution in [1.82, 2.24) is 0 Å². The summed E-state index contributed by atoms with van der Waals surface area (Å²) in [4.78, 5) is 22.9. The minimum Gasteiger partial charge on any atom is -0.507 e. The number of ether oxygens (including phenoxy) is 1. The Bertz CT molecular complexity index is 691. The van der Waals surface area contributed by atoms with Gasteiger partial charge in [0.1, 0.15) is 11.5 Å². The van der Waals surface area contributed by atoms with Crippen LogP contribution in [0.4, 0.5) is 0 Å². The first kappa shape index (κ1) is 24.3. The van der Waals surface area contributed by atoms with Crippen LogP contribution in [0.2, 0.25) is 5.02 Å². The Kier molecular flexibility index (Phi) is 9.28. The normalized spacial score (nSPS) is 12.6. The molecule has 1 aromatic rings. The van der Waals surface area contributed by atoms with Crippen molar-refractivity contribution >= 4 is 23.9 Å². The van der Waals surface area contributed by atoms with Crippen molar-refractivity contribution in [2.45, 2.75) is 73.1 Å². The van der Waals surface area contributed by atoms with Gasteiger partial charge in [-0.05, 0) is 58.4 Å². The van der Waals surface area contributed by atoms with E-state index in [9.17, 15) is 19.8 Å². The van der Waals surface area contributed by atoms with Gasteiger partial charge in [-0.15, -0.1) is 0 Å². The van der Waals surface area contributed by atoms with E-state index < -0.39 is 5.41 Å². The quantitative estimate of drug-likeness (QED) is 0.297. The van der Waals surface area contributed by atoms with Crippen LogP contribution in [0.5, 0.6) is 11.5 Å². The first-order valence-electron chi connectivity index (χ1n) is 9.85. The average molecular weight is 413 g/mol. The van der Waals surface area contributed by atoms with Crippen molar-refractivity contribution in [3.05, 3.63) is 21.7 Å². The number of hydrogen-bond donors (Lipinski definition) is 2. The fraction of sp³-hybridized carbons (Fsp3) is 0.636. The fourth-order valence-corrected chi connectivity index (χ4v) is 3.17. The lowest BCUT2D eigenvalue weighted by molar-refractivity contribution is -0.153. The predicted molar refractivity (Wildman–Crippen MR) is 111 cm³/mol. The van der Waals surface area contributed by atoms with Crippen LogP contribution in [-0.4, -0.2) is 29.1 Å². The number of phenols is 2. The minimum absolute atomic E-state index is 0.118. The Morgan fingerprint density at radius 3 is 2.36 bits per heavy atom. The van der Waals surface area contributed by atoms with Gasteiger partial charge in [0.25, 0.3) is 0 Å². The summed E-state index contributed by atoms with van der Waals surface area (Å²) in [6, 6.07) is 0. The number of esters is 1. The van der Waals surface area contributed by atoms with Gasteiger partial charge in [0, 0.05) is 5.56 Å². The van der Waals surface area contributed by atoms with E-state index in [2.05, 4.69) is 6.92 Å². The van der Waals surface area contributed by atoms with Crippen LogP contribution in [0, 0.1) is 18.3 Å². The number of aldehydes is 1. The number of rotatable bonds is 10. The first-order valence-corrected chi connectivity index (χ1v) is 10.2. The number of aromatic hydroxyl groups is 2. The number of benzene rings is 1. The van der Waals surface area contributed by atoms with Crippen LogP contribution < -0.4 is 0 Å². The molecule has 0 aliphatic heterocycles. The molecule has 0 aromatic heterocycles. The van der Waals surface area contributed by atoms with Crippen LogP contribution in [0.1, 0.15) is 81.3 Å². The second kappa shape index (κ2) is 10.7. The highest BCUT2D eigenvalue weighted by Gasteiger charge is 2.23. The Morgan fingerprint density at radius 2 is 1.79 bits per heavy atom. The minimum atomic E-state index is -0.464. The van der Waals surface area contributed by atoms with Crippen LogP contribution in [0.15, 0.2) is 0 Å². The summed E-state index contributed by atoms with van der Waals surface area (Å²) < 4.78 is 5.25. The van der Waals surface area contributed by atoms with E-state index in [1.54, 1.807) is 6.92 Å². The van der Waals surface area contributed by atoms with Crippen molar-refractivity contribution in [3.63, 3.8) is 0 Å². The summed E-state index contributed by atoms with van der Waals surface area (Å²) in [5, 5.41) is 20.6. The highest BCUT2D eigenvalue weighted by atomic mass is 35.5. The fourth-order valence-electron chi connectivity index (χ4n) is 2.95. The van der Waals surface area contributed by atoms with Crippen molar-refractivity contribution in [1.29, 1.82) is 0 Å². The molecule has 0 heterocycles. The van der Waals surface area contributed by atoms with Crippen LogP contribution in [-0.2, 0) is 16.0 Å². The zero-order chi connectivity index (χ0) is 21.5. The zero-order valence-electron chi connectivity index (χ0n) is 17.6. The summed E-state index contributed by atoms with van der Waals surface area (Å²) in [5.41, 5.74) is 0.387. The SMILES string of the molecule is Cc1c(Cl)c(O)c(CCC(C)CCCCCOC(=O)C(C)(C)C)c(O)c1C=O. The summed E-state index contributed by atoms with van der Waals surface area (Å²) in [7, 11) is 0. The van der Waals surface area contributed by atoms with Gasteiger partial charge in [0.2, 0.25) is 0 Å². The lowest BCUT2D eigenvalue weighted by atomic mass is 9.93. The van der Waals surface area contributed by atoms with Crippen molar-refractivity contribution < 1.29 is 24.5 Å². The second-order valence-corrected chi connectivity index (χ2v) is 8.90. The Balaban J connectivity index is 2.42. The van der Waals surface area contributed by atoms with Gasteiger partial charge in [-0.3, -0.25) is 9.59 Å². The van der Waals surface area contributed by atoms with Crippen LogP contribution in [0.25, 0.3) is 0 Å². The van der Waals surface area contributed by atoms with E-state index in [-0.39, 0.29) is 28.1 Å². The Labute approximate surface area is 173 Å². The molecule has 0 saturated heterocycles. The molecule has 0 fully saturated rings. The van der Waals surface area contributed by atoms with Gasteiger partial charge in [0.15, 0.2) is 6.29 Å². The molecule has 1 rings (SSSR count). The number of phenolic OH excluding ortho intramolecular Hbond substituents is 2. The number of carbonyl (C=O) groups is 2. The molecule has 158 valence electrons. The lowest BCUT2D eigenvalue weighted by Crippen LogP contribution is -2.23. The molecule has 0 aliphatic rings. The molecule has 1 aromatic carbocycles. The van der Waals surface area contributed by atoms with E-state index in [4.69, 9.17) is 16.3 Å². The molecule has 28 heavy (non-hydrogen) atoms. The smallest absolute Gasteiger partial charge is 0.311 e. The maximum absolute atomic E-state index is 11.7. The van der Waals surface area contributed by atoms with E-state index in [1.165, 1.54) is 0 Å². The molecule has 5 nitrogen and oxygen atoms in total. The lowest BCUT2D eigenvalue weighted by Gasteiger charge is -2.17. The molecule has 1 unspecified atom stereocenters. The molecule has 0 bridgehead atoms. The molecule has 0 radical (unpaired) electrons. The average Bonchev–Trinajstić information content (AvgIpc) is 2.62. The van der Waals surface area contributed by atoms with Gasteiger partial charge < -0.3 is 14.9 Å². The third kappa shape index (κ3) is 6.69. The maximum atomic E-state index is 11.7. The summed E-state index contributed by atoms with van der Waals surface area (Å²) in [5.74, 6) is -0.111. The van der Waals surface area contributed by atoms with E-state index in [1.807, 2.05) is 20.8 Å². The zero-order valence-corrected chi connectivity index (χ0v) is 18.4. The summed E-state index contributed by atoms with van der Waals surface area (Å²) in [6.07, 6.45) is 5.60. The van der Waals surface area contributed by atoms with E-state index in [0.29, 0.717) is 36.4 Å². The third-order valence-electron chi connectivity index (χ3n) is 4.96. The third-order valence-corrected chi connectivity index (χ3v) is 5.42. The van der Waals surface area contributed by atoms with Crippen LogP contribution in [0.3, 0.4) is 0 Å². The van der Waals surface area contributed by atoms with Crippen LogP contribution >= 0.6 is 11.6 Å². The standard InChI is InChI=1S/C22H33ClO5/c1-14(9-7-6-8-12-28-21(27)22(3,4)5)10-11-16-19(25)17(13-24)15(2)18(23)20(16)26/h13-14,25-26H,6-12H2,1-5H3. The van der Waals surface area contributed by atoms with Crippen molar-refractivity contribution in [3.8, 4) is 11.5 Å².